The van der Waals surface area contributed by atoms with Gasteiger partial charge >= 0.3 is 6.03 Å². The number of benzene rings is 2. The van der Waals surface area contributed by atoms with E-state index in [2.05, 4.69) is 5.32 Å². The lowest BCUT2D eigenvalue weighted by Crippen LogP contribution is -2.43. The zero-order chi connectivity index (χ0) is 16.9. The fourth-order valence-electron chi connectivity index (χ4n) is 2.65. The Kier molecular flexibility index (Phi) is 5.20. The van der Waals surface area contributed by atoms with Gasteiger partial charge in [0.15, 0.2) is 0 Å². The smallest absolute Gasteiger partial charge is 0.321 e. The van der Waals surface area contributed by atoms with E-state index in [-0.39, 0.29) is 18.0 Å². The highest BCUT2D eigenvalue weighted by Crippen LogP contribution is 2.20. The molecule has 0 spiro atoms. The van der Waals surface area contributed by atoms with Crippen molar-refractivity contribution in [1.82, 2.24) is 4.90 Å². The number of carbonyl (C=O) groups is 1. The average Bonchev–Trinajstić information content (AvgIpc) is 2.57. The van der Waals surface area contributed by atoms with Crippen LogP contribution in [0.3, 0.4) is 0 Å². The quantitative estimate of drug-likeness (QED) is 0.883. The number of hydrogen-bond donors (Lipinski definition) is 1. The minimum Gasteiger partial charge on any atom is -0.490 e. The summed E-state index contributed by atoms with van der Waals surface area (Å²) in [6.07, 6.45) is 1.51. The Hall–Kier alpha value is -2.27. The standard InChI is InChI=1S/C18H18ClFN2O2/c19-13-2-1-3-15(12-13)21-18(23)22-10-8-17(9-11-22)24-16-6-4-14(20)5-7-16/h1-7,12,17H,8-11H2,(H,21,23). The molecule has 0 unspecified atom stereocenters. The number of piperidine rings is 1. The predicted molar refractivity (Wildman–Crippen MR) is 92.1 cm³/mol. The van der Waals surface area contributed by atoms with Crippen LogP contribution in [0, 0.1) is 5.82 Å². The summed E-state index contributed by atoms with van der Waals surface area (Å²) < 4.78 is 18.7. The molecule has 6 heteroatoms. The van der Waals surface area contributed by atoms with Crippen molar-refractivity contribution in [1.29, 1.82) is 0 Å². The number of rotatable bonds is 3. The Morgan fingerprint density at radius 2 is 1.88 bits per heavy atom. The van der Waals surface area contributed by atoms with Gasteiger partial charge in [-0.1, -0.05) is 17.7 Å². The molecule has 1 N–H and O–H groups in total. The lowest BCUT2D eigenvalue weighted by atomic mass is 10.1. The summed E-state index contributed by atoms with van der Waals surface area (Å²) in [7, 11) is 0. The third-order valence-corrected chi connectivity index (χ3v) is 4.16. The van der Waals surface area contributed by atoms with Gasteiger partial charge in [-0.2, -0.15) is 0 Å². The summed E-state index contributed by atoms with van der Waals surface area (Å²) >= 11 is 5.92. The summed E-state index contributed by atoms with van der Waals surface area (Å²) in [5.74, 6) is 0.369. The molecule has 1 saturated heterocycles. The molecule has 24 heavy (non-hydrogen) atoms. The normalized spacial score (nSPS) is 15.2. The fourth-order valence-corrected chi connectivity index (χ4v) is 2.84. The maximum absolute atomic E-state index is 12.9. The monoisotopic (exact) mass is 348 g/mol. The van der Waals surface area contributed by atoms with Crippen LogP contribution in [-0.4, -0.2) is 30.1 Å². The van der Waals surface area contributed by atoms with Crippen LogP contribution in [0.4, 0.5) is 14.9 Å². The number of nitrogens with zero attached hydrogens (tertiary/aromatic N) is 1. The van der Waals surface area contributed by atoms with E-state index in [1.165, 1.54) is 12.1 Å². The van der Waals surface area contributed by atoms with Gasteiger partial charge < -0.3 is 15.0 Å². The molecule has 0 saturated carbocycles. The number of hydrogen-bond acceptors (Lipinski definition) is 2. The van der Waals surface area contributed by atoms with Gasteiger partial charge in [-0.25, -0.2) is 9.18 Å². The summed E-state index contributed by atoms with van der Waals surface area (Å²) in [4.78, 5) is 14.0. The highest BCUT2D eigenvalue weighted by Gasteiger charge is 2.24. The lowest BCUT2D eigenvalue weighted by Gasteiger charge is -2.32. The molecule has 2 amide bonds. The summed E-state index contributed by atoms with van der Waals surface area (Å²) in [6, 6.07) is 12.9. The van der Waals surface area contributed by atoms with E-state index in [4.69, 9.17) is 16.3 Å². The first-order valence-electron chi connectivity index (χ1n) is 7.84. The highest BCUT2D eigenvalue weighted by molar-refractivity contribution is 6.30. The number of ether oxygens (including phenoxy) is 1. The van der Waals surface area contributed by atoms with Crippen molar-refractivity contribution >= 4 is 23.3 Å². The Morgan fingerprint density at radius 3 is 2.54 bits per heavy atom. The van der Waals surface area contributed by atoms with Gasteiger partial charge in [0.1, 0.15) is 17.7 Å². The molecule has 0 radical (unpaired) electrons. The molecule has 0 atom stereocenters. The number of urea groups is 1. The molecule has 4 nitrogen and oxygen atoms in total. The van der Waals surface area contributed by atoms with Gasteiger partial charge in [0, 0.05) is 36.6 Å². The maximum atomic E-state index is 12.9. The Labute approximate surface area is 145 Å². The fraction of sp³-hybridized carbons (Fsp3) is 0.278. The van der Waals surface area contributed by atoms with Crippen LogP contribution in [0.25, 0.3) is 0 Å². The van der Waals surface area contributed by atoms with Crippen molar-refractivity contribution in [2.24, 2.45) is 0 Å². The van der Waals surface area contributed by atoms with E-state index in [1.54, 1.807) is 41.3 Å². The molecule has 1 heterocycles. The molecule has 1 aliphatic heterocycles. The maximum Gasteiger partial charge on any atom is 0.321 e. The van der Waals surface area contributed by atoms with Gasteiger partial charge in [-0.3, -0.25) is 0 Å². The molecule has 2 aromatic carbocycles. The molecule has 1 fully saturated rings. The van der Waals surface area contributed by atoms with Crippen LogP contribution in [0.2, 0.25) is 5.02 Å². The second-order valence-corrected chi connectivity index (χ2v) is 6.14. The van der Waals surface area contributed by atoms with Crippen LogP contribution >= 0.6 is 11.6 Å². The summed E-state index contributed by atoms with van der Waals surface area (Å²) in [5.41, 5.74) is 0.678. The zero-order valence-electron chi connectivity index (χ0n) is 13.0. The largest absolute Gasteiger partial charge is 0.490 e. The number of amides is 2. The first kappa shape index (κ1) is 16.6. The average molecular weight is 349 g/mol. The molecule has 0 aromatic heterocycles. The van der Waals surface area contributed by atoms with Gasteiger partial charge in [0.2, 0.25) is 0 Å². The van der Waals surface area contributed by atoms with Crippen LogP contribution in [0.15, 0.2) is 48.5 Å². The minimum atomic E-state index is -0.283. The molecule has 3 rings (SSSR count). The summed E-state index contributed by atoms with van der Waals surface area (Å²) in [6.45, 7) is 1.22. The van der Waals surface area contributed by atoms with Gasteiger partial charge in [-0.05, 0) is 42.5 Å². The third-order valence-electron chi connectivity index (χ3n) is 3.92. The topological polar surface area (TPSA) is 41.6 Å². The molecule has 126 valence electrons. The van der Waals surface area contributed by atoms with E-state index in [0.29, 0.717) is 29.5 Å². The van der Waals surface area contributed by atoms with Crippen molar-refractivity contribution in [2.75, 3.05) is 18.4 Å². The number of carbonyl (C=O) groups excluding carboxylic acids is 1. The van der Waals surface area contributed by atoms with Crippen LogP contribution in [0.5, 0.6) is 5.75 Å². The van der Waals surface area contributed by atoms with E-state index in [0.717, 1.165) is 12.8 Å². The third kappa shape index (κ3) is 4.38. The molecule has 0 bridgehead atoms. The predicted octanol–water partition coefficient (Wildman–Crippen LogP) is 4.55. The number of anilines is 1. The number of likely N-dealkylation sites (tertiary alicyclic amines) is 1. The summed E-state index contributed by atoms with van der Waals surface area (Å²) in [5, 5.41) is 3.43. The van der Waals surface area contributed by atoms with Gasteiger partial charge in [0.05, 0.1) is 0 Å². The second-order valence-electron chi connectivity index (χ2n) is 5.70. The highest BCUT2D eigenvalue weighted by atomic mass is 35.5. The van der Waals surface area contributed by atoms with E-state index < -0.39 is 0 Å². The Bertz CT molecular complexity index is 700. The first-order valence-corrected chi connectivity index (χ1v) is 8.22. The SMILES string of the molecule is O=C(Nc1cccc(Cl)c1)N1CCC(Oc2ccc(F)cc2)CC1. The van der Waals surface area contributed by atoms with E-state index >= 15 is 0 Å². The van der Waals surface area contributed by atoms with Gasteiger partial charge in [-0.15, -0.1) is 0 Å². The van der Waals surface area contributed by atoms with Crippen molar-refractivity contribution in [2.45, 2.75) is 18.9 Å². The minimum absolute atomic E-state index is 0.0330. The molecule has 0 aliphatic carbocycles. The van der Waals surface area contributed by atoms with Gasteiger partial charge in [0.25, 0.3) is 0 Å². The van der Waals surface area contributed by atoms with Crippen molar-refractivity contribution in [3.05, 3.63) is 59.4 Å². The number of halogens is 2. The van der Waals surface area contributed by atoms with Crippen LogP contribution < -0.4 is 10.1 Å². The van der Waals surface area contributed by atoms with Crippen molar-refractivity contribution < 1.29 is 13.9 Å². The Balaban J connectivity index is 1.49. The molecular formula is C18H18ClFN2O2. The molecule has 2 aromatic rings. The lowest BCUT2D eigenvalue weighted by molar-refractivity contribution is 0.115. The van der Waals surface area contributed by atoms with Crippen LogP contribution in [0.1, 0.15) is 12.8 Å². The molecular weight excluding hydrogens is 331 g/mol. The van der Waals surface area contributed by atoms with E-state index in [1.807, 2.05) is 0 Å². The Morgan fingerprint density at radius 1 is 1.17 bits per heavy atom. The number of nitrogens with one attached hydrogen (secondary N) is 1. The second kappa shape index (κ2) is 7.53. The van der Waals surface area contributed by atoms with E-state index in [9.17, 15) is 9.18 Å². The molecule has 1 aliphatic rings. The van der Waals surface area contributed by atoms with Crippen LogP contribution in [-0.2, 0) is 0 Å². The van der Waals surface area contributed by atoms with Crippen molar-refractivity contribution in [3.8, 4) is 5.75 Å². The zero-order valence-corrected chi connectivity index (χ0v) is 13.8. The first-order chi connectivity index (χ1) is 11.6. The van der Waals surface area contributed by atoms with Crippen molar-refractivity contribution in [3.63, 3.8) is 0 Å².